The van der Waals surface area contributed by atoms with Gasteiger partial charge in [0.05, 0.1) is 6.54 Å². The summed E-state index contributed by atoms with van der Waals surface area (Å²) in [5.41, 5.74) is 0. The maximum absolute atomic E-state index is 11.5. The standard InChI is InChI=1S/C12H22N4O.HI/c1-13-12(16-9-4-2-3-5-9)14-8-11(17)15-10-6-7-10;/h9-10H,2-8H2,1H3,(H,15,17)(H2,13,14,16);1H. The first-order valence-corrected chi connectivity index (χ1v) is 6.54. The van der Waals surface area contributed by atoms with Crippen LogP contribution in [0.3, 0.4) is 0 Å². The van der Waals surface area contributed by atoms with Gasteiger partial charge in [0.15, 0.2) is 5.96 Å². The SMILES string of the molecule is CN=C(NCC(=O)NC1CC1)NC1CCCC1.I. The second-order valence-corrected chi connectivity index (χ2v) is 4.89. The van der Waals surface area contributed by atoms with E-state index in [1.807, 2.05) is 0 Å². The minimum absolute atomic E-state index is 0. The van der Waals surface area contributed by atoms with Gasteiger partial charge < -0.3 is 16.0 Å². The molecule has 0 atom stereocenters. The van der Waals surface area contributed by atoms with E-state index in [2.05, 4.69) is 20.9 Å². The van der Waals surface area contributed by atoms with Crippen LogP contribution in [0.25, 0.3) is 0 Å². The van der Waals surface area contributed by atoms with Crippen LogP contribution >= 0.6 is 24.0 Å². The van der Waals surface area contributed by atoms with E-state index >= 15 is 0 Å². The third-order valence-electron chi connectivity index (χ3n) is 3.28. The lowest BCUT2D eigenvalue weighted by molar-refractivity contribution is -0.120. The molecule has 0 aromatic heterocycles. The summed E-state index contributed by atoms with van der Waals surface area (Å²) in [5.74, 6) is 0.796. The minimum Gasteiger partial charge on any atom is -0.354 e. The fraction of sp³-hybridized carbons (Fsp3) is 0.833. The maximum Gasteiger partial charge on any atom is 0.239 e. The van der Waals surface area contributed by atoms with Gasteiger partial charge in [-0.3, -0.25) is 9.79 Å². The average molecular weight is 366 g/mol. The highest BCUT2D eigenvalue weighted by Crippen LogP contribution is 2.18. The number of hydrogen-bond acceptors (Lipinski definition) is 2. The molecule has 1 amide bonds. The van der Waals surface area contributed by atoms with Gasteiger partial charge in [0.2, 0.25) is 5.91 Å². The van der Waals surface area contributed by atoms with Crippen LogP contribution < -0.4 is 16.0 Å². The molecule has 3 N–H and O–H groups in total. The highest BCUT2D eigenvalue weighted by molar-refractivity contribution is 14.0. The van der Waals surface area contributed by atoms with Crippen molar-refractivity contribution in [1.82, 2.24) is 16.0 Å². The van der Waals surface area contributed by atoms with Gasteiger partial charge in [0.25, 0.3) is 0 Å². The van der Waals surface area contributed by atoms with Gasteiger partial charge in [-0.2, -0.15) is 0 Å². The largest absolute Gasteiger partial charge is 0.354 e. The minimum atomic E-state index is 0. The summed E-state index contributed by atoms with van der Waals surface area (Å²) >= 11 is 0. The first-order chi connectivity index (χ1) is 8.28. The lowest BCUT2D eigenvalue weighted by Gasteiger charge is -2.16. The van der Waals surface area contributed by atoms with Gasteiger partial charge in [0, 0.05) is 19.1 Å². The molecule has 0 bridgehead atoms. The molecule has 0 saturated heterocycles. The van der Waals surface area contributed by atoms with Crippen LogP contribution in [0.1, 0.15) is 38.5 Å². The molecule has 5 nitrogen and oxygen atoms in total. The van der Waals surface area contributed by atoms with Gasteiger partial charge in [-0.25, -0.2) is 0 Å². The zero-order valence-electron chi connectivity index (χ0n) is 10.9. The Morgan fingerprint density at radius 2 is 1.72 bits per heavy atom. The number of carbonyl (C=O) groups is 1. The molecule has 6 heteroatoms. The lowest BCUT2D eigenvalue weighted by Crippen LogP contribution is -2.46. The Balaban J connectivity index is 0.00000162. The Hall–Kier alpha value is -0.530. The molecule has 104 valence electrons. The predicted molar refractivity (Wildman–Crippen MR) is 83.3 cm³/mol. The van der Waals surface area contributed by atoms with Crippen molar-refractivity contribution < 1.29 is 4.79 Å². The monoisotopic (exact) mass is 366 g/mol. The fourth-order valence-electron chi connectivity index (χ4n) is 2.13. The van der Waals surface area contributed by atoms with Gasteiger partial charge >= 0.3 is 0 Å². The molecule has 0 radical (unpaired) electrons. The van der Waals surface area contributed by atoms with Gasteiger partial charge in [-0.1, -0.05) is 12.8 Å². The van der Waals surface area contributed by atoms with Crippen molar-refractivity contribution in [1.29, 1.82) is 0 Å². The molecule has 2 aliphatic rings. The van der Waals surface area contributed by atoms with E-state index in [-0.39, 0.29) is 29.9 Å². The number of guanidine groups is 1. The van der Waals surface area contributed by atoms with E-state index in [0.29, 0.717) is 18.6 Å². The first-order valence-electron chi connectivity index (χ1n) is 6.54. The predicted octanol–water partition coefficient (Wildman–Crippen LogP) is 0.991. The number of aliphatic imine (C=N–C) groups is 1. The van der Waals surface area contributed by atoms with E-state index in [4.69, 9.17) is 0 Å². The van der Waals surface area contributed by atoms with Crippen LogP contribution in [0.5, 0.6) is 0 Å². The smallest absolute Gasteiger partial charge is 0.239 e. The summed E-state index contributed by atoms with van der Waals surface area (Å²) in [6, 6.07) is 0.946. The number of amides is 1. The summed E-state index contributed by atoms with van der Waals surface area (Å²) in [6.07, 6.45) is 7.24. The van der Waals surface area contributed by atoms with Crippen LogP contribution in [0.4, 0.5) is 0 Å². The molecular weight excluding hydrogens is 343 g/mol. The number of nitrogens with one attached hydrogen (secondary N) is 3. The van der Waals surface area contributed by atoms with Crippen LogP contribution in [0.2, 0.25) is 0 Å². The third-order valence-corrected chi connectivity index (χ3v) is 3.28. The zero-order valence-corrected chi connectivity index (χ0v) is 13.2. The molecule has 0 aromatic rings. The van der Waals surface area contributed by atoms with Crippen molar-refractivity contribution in [3.63, 3.8) is 0 Å². The molecular formula is C12H23IN4O. The molecule has 2 fully saturated rings. The summed E-state index contributed by atoms with van der Waals surface area (Å²) in [4.78, 5) is 15.6. The highest BCUT2D eigenvalue weighted by atomic mass is 127. The van der Waals surface area contributed by atoms with E-state index < -0.39 is 0 Å². The van der Waals surface area contributed by atoms with Crippen molar-refractivity contribution in [3.8, 4) is 0 Å². The normalized spacial score (nSPS) is 20.2. The molecule has 0 heterocycles. The van der Waals surface area contributed by atoms with Crippen molar-refractivity contribution in [2.75, 3.05) is 13.6 Å². The number of carbonyl (C=O) groups excluding carboxylic acids is 1. The van der Waals surface area contributed by atoms with Crippen LogP contribution in [0.15, 0.2) is 4.99 Å². The number of rotatable bonds is 4. The van der Waals surface area contributed by atoms with Crippen LogP contribution in [0, 0.1) is 0 Å². The van der Waals surface area contributed by atoms with E-state index in [1.54, 1.807) is 7.05 Å². The Morgan fingerprint density at radius 3 is 2.28 bits per heavy atom. The zero-order chi connectivity index (χ0) is 12.1. The highest BCUT2D eigenvalue weighted by Gasteiger charge is 2.23. The van der Waals surface area contributed by atoms with Gasteiger partial charge in [-0.05, 0) is 25.7 Å². The van der Waals surface area contributed by atoms with Gasteiger partial charge in [-0.15, -0.1) is 24.0 Å². The maximum atomic E-state index is 11.5. The number of nitrogens with zero attached hydrogens (tertiary/aromatic N) is 1. The first kappa shape index (κ1) is 15.5. The van der Waals surface area contributed by atoms with E-state index in [0.717, 1.165) is 18.8 Å². The molecule has 2 aliphatic carbocycles. The third kappa shape index (κ3) is 5.41. The van der Waals surface area contributed by atoms with Crippen molar-refractivity contribution >= 4 is 35.8 Å². The molecule has 2 rings (SSSR count). The lowest BCUT2D eigenvalue weighted by atomic mass is 10.2. The second-order valence-electron chi connectivity index (χ2n) is 4.89. The molecule has 0 aromatic carbocycles. The Labute approximate surface area is 126 Å². The molecule has 18 heavy (non-hydrogen) atoms. The number of halogens is 1. The second kappa shape index (κ2) is 7.81. The quantitative estimate of drug-likeness (QED) is 0.395. The van der Waals surface area contributed by atoms with Crippen LogP contribution in [-0.4, -0.2) is 37.5 Å². The van der Waals surface area contributed by atoms with E-state index in [1.165, 1.54) is 25.7 Å². The summed E-state index contributed by atoms with van der Waals surface area (Å²) in [6.45, 7) is 0.308. The Morgan fingerprint density at radius 1 is 1.11 bits per heavy atom. The molecule has 0 spiro atoms. The summed E-state index contributed by atoms with van der Waals surface area (Å²) in [5, 5.41) is 9.35. The average Bonchev–Trinajstić information content (AvgIpc) is 2.98. The van der Waals surface area contributed by atoms with Crippen molar-refractivity contribution in [3.05, 3.63) is 0 Å². The Kier molecular flexibility index (Phi) is 6.73. The fourth-order valence-corrected chi connectivity index (χ4v) is 2.13. The molecule has 2 saturated carbocycles. The van der Waals surface area contributed by atoms with Gasteiger partial charge in [0.1, 0.15) is 0 Å². The summed E-state index contributed by atoms with van der Waals surface area (Å²) < 4.78 is 0. The van der Waals surface area contributed by atoms with Crippen molar-refractivity contribution in [2.45, 2.75) is 50.6 Å². The molecule has 0 unspecified atom stereocenters. The topological polar surface area (TPSA) is 65.5 Å². The molecule has 0 aliphatic heterocycles. The van der Waals surface area contributed by atoms with Crippen molar-refractivity contribution in [2.24, 2.45) is 4.99 Å². The van der Waals surface area contributed by atoms with E-state index in [9.17, 15) is 4.79 Å². The number of hydrogen-bond donors (Lipinski definition) is 3. The summed E-state index contributed by atoms with van der Waals surface area (Å²) in [7, 11) is 1.74. The Bertz CT molecular complexity index is 298. The van der Waals surface area contributed by atoms with Crippen LogP contribution in [-0.2, 0) is 4.79 Å².